The molecule has 0 saturated heterocycles. The second-order valence-corrected chi connectivity index (χ2v) is 8.81. The summed E-state index contributed by atoms with van der Waals surface area (Å²) in [6.07, 6.45) is 7.13. The molecule has 4 unspecified atom stereocenters. The van der Waals surface area contributed by atoms with Crippen LogP contribution in [0.3, 0.4) is 0 Å². The van der Waals surface area contributed by atoms with Crippen molar-refractivity contribution < 1.29 is 10.2 Å². The lowest BCUT2D eigenvalue weighted by atomic mass is 9.61. The van der Waals surface area contributed by atoms with Crippen molar-refractivity contribution in [3.8, 4) is 0 Å². The Labute approximate surface area is 137 Å². The zero-order chi connectivity index (χ0) is 16.4. The lowest BCUT2D eigenvalue weighted by Crippen LogP contribution is -2.42. The fourth-order valence-corrected chi connectivity index (χ4v) is 5.67. The molecule has 0 aliphatic heterocycles. The van der Waals surface area contributed by atoms with Crippen LogP contribution < -0.4 is 0 Å². The summed E-state index contributed by atoms with van der Waals surface area (Å²) in [5, 5.41) is 20.5. The van der Waals surface area contributed by atoms with Gasteiger partial charge in [-0.1, -0.05) is 47.5 Å². The maximum Gasteiger partial charge on any atom is 0.0591 e. The average molecular weight is 311 g/mol. The molecule has 22 heavy (non-hydrogen) atoms. The number of rotatable bonds is 4. The maximum atomic E-state index is 10.3. The van der Waals surface area contributed by atoms with Crippen molar-refractivity contribution in [1.29, 1.82) is 0 Å². The Kier molecular flexibility index (Phi) is 6.36. The Balaban J connectivity index is 2.09. The Bertz CT molecular complexity index is 289. The van der Waals surface area contributed by atoms with Crippen molar-refractivity contribution in [2.24, 2.45) is 41.4 Å². The van der Waals surface area contributed by atoms with Gasteiger partial charge >= 0.3 is 0 Å². The highest BCUT2D eigenvalue weighted by Crippen LogP contribution is 2.47. The summed E-state index contributed by atoms with van der Waals surface area (Å²) in [6, 6.07) is 0. The number of aliphatic hydroxyl groups is 2. The molecule has 2 aliphatic carbocycles. The van der Waals surface area contributed by atoms with Crippen LogP contribution in [-0.2, 0) is 0 Å². The van der Waals surface area contributed by atoms with Crippen LogP contribution in [0.5, 0.6) is 0 Å². The highest BCUT2D eigenvalue weighted by Gasteiger charge is 2.41. The number of hydrogen-bond acceptors (Lipinski definition) is 2. The molecule has 0 amide bonds. The van der Waals surface area contributed by atoms with E-state index in [1.54, 1.807) is 0 Å². The van der Waals surface area contributed by atoms with E-state index in [1.807, 2.05) is 0 Å². The van der Waals surface area contributed by atoms with E-state index in [2.05, 4.69) is 34.6 Å². The van der Waals surface area contributed by atoms with E-state index in [-0.39, 0.29) is 12.2 Å². The maximum absolute atomic E-state index is 10.3. The fourth-order valence-electron chi connectivity index (χ4n) is 5.67. The zero-order valence-corrected chi connectivity index (χ0v) is 15.3. The van der Waals surface area contributed by atoms with Gasteiger partial charge in [0, 0.05) is 0 Å². The third-order valence-corrected chi connectivity index (χ3v) is 6.86. The summed E-state index contributed by atoms with van der Waals surface area (Å²) in [5.74, 6) is 4.10. The molecule has 2 N–H and O–H groups in total. The van der Waals surface area contributed by atoms with Gasteiger partial charge < -0.3 is 10.2 Å². The lowest BCUT2D eigenvalue weighted by molar-refractivity contribution is -0.0401. The van der Waals surface area contributed by atoms with Crippen molar-refractivity contribution in [1.82, 2.24) is 0 Å². The highest BCUT2D eigenvalue weighted by atomic mass is 16.3. The van der Waals surface area contributed by atoms with E-state index < -0.39 is 0 Å². The predicted molar refractivity (Wildman–Crippen MR) is 92.5 cm³/mol. The first-order valence-electron chi connectivity index (χ1n) is 9.71. The summed E-state index contributed by atoms with van der Waals surface area (Å²) in [4.78, 5) is 0. The molecule has 0 spiro atoms. The topological polar surface area (TPSA) is 40.5 Å². The summed E-state index contributed by atoms with van der Waals surface area (Å²) in [7, 11) is 0. The van der Waals surface area contributed by atoms with Crippen LogP contribution in [0.2, 0.25) is 0 Å². The van der Waals surface area contributed by atoms with Crippen LogP contribution in [0.1, 0.15) is 73.1 Å². The molecule has 2 heteroatoms. The minimum atomic E-state index is -0.107. The van der Waals surface area contributed by atoms with E-state index in [9.17, 15) is 10.2 Å². The monoisotopic (exact) mass is 310 g/mol. The second kappa shape index (κ2) is 7.66. The highest BCUT2D eigenvalue weighted by molar-refractivity contribution is 4.91. The molecule has 2 rings (SSSR count). The first kappa shape index (κ1) is 18.3. The molecule has 0 bridgehead atoms. The Morgan fingerprint density at radius 1 is 0.727 bits per heavy atom. The van der Waals surface area contributed by atoms with Crippen molar-refractivity contribution in [3.63, 3.8) is 0 Å². The Hall–Kier alpha value is -0.0800. The van der Waals surface area contributed by atoms with Gasteiger partial charge in [0.25, 0.3) is 0 Å². The van der Waals surface area contributed by atoms with Crippen LogP contribution in [0.4, 0.5) is 0 Å². The van der Waals surface area contributed by atoms with E-state index in [0.717, 1.165) is 17.8 Å². The second-order valence-electron chi connectivity index (χ2n) is 8.81. The largest absolute Gasteiger partial charge is 0.393 e. The number of aliphatic hydroxyl groups excluding tert-OH is 2. The molecule has 0 aromatic carbocycles. The van der Waals surface area contributed by atoms with Crippen molar-refractivity contribution in [2.45, 2.75) is 85.4 Å². The lowest BCUT2D eigenvalue weighted by Gasteiger charge is -2.46. The van der Waals surface area contributed by atoms with Crippen LogP contribution in [0, 0.1) is 41.4 Å². The van der Waals surface area contributed by atoms with Crippen LogP contribution in [-0.4, -0.2) is 22.4 Å². The molecule has 0 heterocycles. The van der Waals surface area contributed by atoms with Crippen molar-refractivity contribution in [3.05, 3.63) is 0 Å². The minimum absolute atomic E-state index is 0.107. The molecule has 0 radical (unpaired) electrons. The first-order chi connectivity index (χ1) is 10.3. The number of hydrogen-bond donors (Lipinski definition) is 2. The fraction of sp³-hybridized carbons (Fsp3) is 1.00. The van der Waals surface area contributed by atoms with Gasteiger partial charge in [0.05, 0.1) is 12.2 Å². The molecule has 0 aromatic heterocycles. The smallest absolute Gasteiger partial charge is 0.0591 e. The third kappa shape index (κ3) is 3.87. The zero-order valence-electron chi connectivity index (χ0n) is 15.3. The van der Waals surface area contributed by atoms with Gasteiger partial charge in [-0.3, -0.25) is 0 Å². The molecular weight excluding hydrogens is 272 g/mol. The van der Waals surface area contributed by atoms with Gasteiger partial charge in [0.1, 0.15) is 0 Å². The third-order valence-electron chi connectivity index (χ3n) is 6.86. The normalized spacial score (nSPS) is 48.1. The molecule has 4 atom stereocenters. The van der Waals surface area contributed by atoms with Crippen LogP contribution in [0.25, 0.3) is 0 Å². The molecule has 2 aliphatic rings. The summed E-state index contributed by atoms with van der Waals surface area (Å²) < 4.78 is 0. The van der Waals surface area contributed by atoms with Crippen molar-refractivity contribution >= 4 is 0 Å². The van der Waals surface area contributed by atoms with Gasteiger partial charge in [-0.25, -0.2) is 0 Å². The molecule has 2 saturated carbocycles. The van der Waals surface area contributed by atoms with E-state index in [1.165, 1.54) is 38.5 Å². The Morgan fingerprint density at radius 3 is 1.32 bits per heavy atom. The summed E-state index contributed by atoms with van der Waals surface area (Å²) in [6.45, 7) is 11.2. The minimum Gasteiger partial charge on any atom is -0.393 e. The molecule has 0 aromatic rings. The van der Waals surface area contributed by atoms with E-state index >= 15 is 0 Å². The van der Waals surface area contributed by atoms with E-state index in [0.29, 0.717) is 23.7 Å². The standard InChI is InChI=1S/C20H38O2/c1-6-7-18(16-8-12(2)19(21)13(3)9-16)17-10-14(4)20(22)15(5)11-17/h12-22H,6-11H2,1-5H3. The van der Waals surface area contributed by atoms with Crippen LogP contribution >= 0.6 is 0 Å². The SMILES string of the molecule is CCCC(C1CC(C)C(O)C(C)C1)C1CC(C)C(O)C(C)C1. The van der Waals surface area contributed by atoms with Gasteiger partial charge in [0.2, 0.25) is 0 Å². The van der Waals surface area contributed by atoms with Crippen LogP contribution in [0.15, 0.2) is 0 Å². The molecule has 2 nitrogen and oxygen atoms in total. The summed E-state index contributed by atoms with van der Waals surface area (Å²) >= 11 is 0. The first-order valence-corrected chi connectivity index (χ1v) is 9.71. The quantitative estimate of drug-likeness (QED) is 0.803. The van der Waals surface area contributed by atoms with Gasteiger partial charge in [-0.05, 0) is 67.1 Å². The van der Waals surface area contributed by atoms with Crippen molar-refractivity contribution in [2.75, 3.05) is 0 Å². The summed E-state index contributed by atoms with van der Waals surface area (Å²) in [5.41, 5.74) is 0. The Morgan fingerprint density at radius 2 is 1.05 bits per heavy atom. The molecular formula is C20H38O2. The molecule has 130 valence electrons. The van der Waals surface area contributed by atoms with E-state index in [4.69, 9.17) is 0 Å². The van der Waals surface area contributed by atoms with Gasteiger partial charge in [0.15, 0.2) is 0 Å². The van der Waals surface area contributed by atoms with Gasteiger partial charge in [-0.15, -0.1) is 0 Å². The van der Waals surface area contributed by atoms with Gasteiger partial charge in [-0.2, -0.15) is 0 Å². The molecule has 2 fully saturated rings. The average Bonchev–Trinajstić information content (AvgIpc) is 2.47. The predicted octanol–water partition coefficient (Wildman–Crippen LogP) is 4.49.